The molecule has 1 aromatic heterocycles. The number of carbonyl (C=O) groups excluding carboxylic acids is 3. The monoisotopic (exact) mass is 644 g/mol. The van der Waals surface area contributed by atoms with Crippen LogP contribution in [-0.4, -0.2) is 53.5 Å². The van der Waals surface area contributed by atoms with Crippen LogP contribution in [0.5, 0.6) is 0 Å². The van der Waals surface area contributed by atoms with E-state index in [1.54, 1.807) is 34.8 Å². The molecule has 0 saturated carbocycles. The molecule has 1 saturated heterocycles. The highest BCUT2D eigenvalue weighted by molar-refractivity contribution is 6.07. The van der Waals surface area contributed by atoms with Crippen molar-refractivity contribution in [3.63, 3.8) is 0 Å². The molecule has 3 aromatic carbocycles. The van der Waals surface area contributed by atoms with Crippen LogP contribution >= 0.6 is 0 Å². The minimum atomic E-state index is -0.435. The van der Waals surface area contributed by atoms with Crippen molar-refractivity contribution in [1.29, 1.82) is 0 Å². The van der Waals surface area contributed by atoms with Gasteiger partial charge < -0.3 is 24.8 Å². The summed E-state index contributed by atoms with van der Waals surface area (Å²) in [4.78, 5) is 54.0. The van der Waals surface area contributed by atoms with E-state index in [4.69, 9.17) is 4.74 Å². The van der Waals surface area contributed by atoms with Gasteiger partial charge in [-0.1, -0.05) is 30.8 Å². The number of anilines is 2. The summed E-state index contributed by atoms with van der Waals surface area (Å²) in [6, 6.07) is 18.9. The lowest BCUT2D eigenvalue weighted by molar-refractivity contribution is -0.111. The van der Waals surface area contributed by atoms with Crippen LogP contribution in [-0.2, 0) is 35.8 Å². The van der Waals surface area contributed by atoms with E-state index in [0.717, 1.165) is 47.6 Å². The summed E-state index contributed by atoms with van der Waals surface area (Å²) in [5.74, 6) is -0.786. The Morgan fingerprint density at radius 2 is 1.69 bits per heavy atom. The molecule has 246 valence electrons. The fourth-order valence-electron chi connectivity index (χ4n) is 6.54. The Kier molecular flexibility index (Phi) is 9.68. The fraction of sp³-hybridized carbons (Fsp3) is 0.282. The van der Waals surface area contributed by atoms with E-state index in [1.807, 2.05) is 49.4 Å². The highest BCUT2D eigenvalue weighted by atomic mass is 16.5. The van der Waals surface area contributed by atoms with Crippen molar-refractivity contribution in [2.75, 3.05) is 36.9 Å². The lowest BCUT2D eigenvalue weighted by atomic mass is 9.90. The molecule has 6 rings (SSSR count). The highest BCUT2D eigenvalue weighted by Crippen LogP contribution is 2.30. The van der Waals surface area contributed by atoms with E-state index in [-0.39, 0.29) is 23.8 Å². The first kappa shape index (κ1) is 32.7. The molecule has 0 bridgehead atoms. The molecule has 2 N–H and O–H groups in total. The maximum absolute atomic E-state index is 13.4. The molecule has 1 aliphatic heterocycles. The summed E-state index contributed by atoms with van der Waals surface area (Å²) >= 11 is 0. The Morgan fingerprint density at radius 3 is 2.46 bits per heavy atom. The van der Waals surface area contributed by atoms with E-state index < -0.39 is 5.91 Å². The van der Waals surface area contributed by atoms with Gasteiger partial charge in [0.2, 0.25) is 5.91 Å². The van der Waals surface area contributed by atoms with Crippen LogP contribution in [0, 0.1) is 6.92 Å². The Bertz CT molecular complexity index is 1970. The summed E-state index contributed by atoms with van der Waals surface area (Å²) in [6.07, 6.45) is 7.62. The summed E-state index contributed by atoms with van der Waals surface area (Å²) < 4.78 is 6.94. The Hall–Kier alpha value is -5.28. The van der Waals surface area contributed by atoms with Gasteiger partial charge in [-0.3, -0.25) is 19.2 Å². The normalized spacial score (nSPS) is 14.2. The van der Waals surface area contributed by atoms with Crippen molar-refractivity contribution < 1.29 is 19.1 Å². The number of fused-ring (bicyclic) bond motifs is 1. The lowest BCUT2D eigenvalue weighted by Crippen LogP contribution is -2.41. The molecule has 0 unspecified atom stereocenters. The van der Waals surface area contributed by atoms with E-state index >= 15 is 0 Å². The number of pyridine rings is 1. The molecule has 1 aliphatic carbocycles. The first-order chi connectivity index (χ1) is 23.2. The molecule has 3 amide bonds. The van der Waals surface area contributed by atoms with Crippen LogP contribution in [0.15, 0.2) is 84.3 Å². The standard InChI is InChI=1S/C39H40N4O5/c1-4-36(44)40-35-21-26(12-15-33(35)39(47)43-16-18-48-19-17-43)20-30-23-31(24-42(3)38(30)46)32-10-7-11-34(25(32)2)41-37(45)29-14-13-27-8-5-6-9-28(27)22-29/h4,7,10-15,21-24H,1,5-6,8-9,16-20H2,2-3H3,(H,40,44)(H,41,45). The van der Waals surface area contributed by atoms with Crippen LogP contribution in [0.2, 0.25) is 0 Å². The summed E-state index contributed by atoms with van der Waals surface area (Å²) in [6.45, 7) is 7.36. The second-order valence-corrected chi connectivity index (χ2v) is 12.4. The molecule has 9 heteroatoms. The zero-order valence-corrected chi connectivity index (χ0v) is 27.4. The third-order valence-electron chi connectivity index (χ3n) is 9.21. The molecule has 2 aliphatic rings. The van der Waals surface area contributed by atoms with Gasteiger partial charge in [0.15, 0.2) is 0 Å². The van der Waals surface area contributed by atoms with Crippen molar-refractivity contribution in [3.05, 3.63) is 129 Å². The quantitative estimate of drug-likeness (QED) is 0.240. The number of nitrogens with one attached hydrogen (secondary N) is 2. The van der Waals surface area contributed by atoms with E-state index in [0.29, 0.717) is 54.4 Å². The van der Waals surface area contributed by atoms with Crippen molar-refractivity contribution in [2.45, 2.75) is 39.0 Å². The van der Waals surface area contributed by atoms with Crippen LogP contribution in [0.25, 0.3) is 11.1 Å². The molecule has 48 heavy (non-hydrogen) atoms. The molecule has 2 heterocycles. The number of benzene rings is 3. The van der Waals surface area contributed by atoms with Crippen LogP contribution in [0.1, 0.15) is 61.4 Å². The molecule has 0 spiro atoms. The lowest BCUT2D eigenvalue weighted by Gasteiger charge is -2.27. The Balaban J connectivity index is 1.27. The minimum absolute atomic E-state index is 0.153. The van der Waals surface area contributed by atoms with E-state index in [1.165, 1.54) is 17.5 Å². The minimum Gasteiger partial charge on any atom is -0.378 e. The topological polar surface area (TPSA) is 110 Å². The maximum atomic E-state index is 13.4. The van der Waals surface area contributed by atoms with Crippen molar-refractivity contribution in [1.82, 2.24) is 9.47 Å². The number of hydrogen-bond acceptors (Lipinski definition) is 5. The van der Waals surface area contributed by atoms with Gasteiger partial charge >= 0.3 is 0 Å². The summed E-state index contributed by atoms with van der Waals surface area (Å²) in [7, 11) is 1.71. The molecular formula is C39H40N4O5. The largest absolute Gasteiger partial charge is 0.378 e. The molecule has 4 aromatic rings. The number of ether oxygens (including phenoxy) is 1. The van der Waals surface area contributed by atoms with Gasteiger partial charge in [-0.05, 0) is 108 Å². The molecule has 0 atom stereocenters. The van der Waals surface area contributed by atoms with Crippen molar-refractivity contribution >= 4 is 29.1 Å². The number of hydrogen-bond donors (Lipinski definition) is 2. The van der Waals surface area contributed by atoms with E-state index in [2.05, 4.69) is 23.3 Å². The molecule has 0 radical (unpaired) electrons. The maximum Gasteiger partial charge on any atom is 0.256 e. The number of amides is 3. The van der Waals surface area contributed by atoms with Crippen molar-refractivity contribution in [3.8, 4) is 11.1 Å². The average molecular weight is 645 g/mol. The van der Waals surface area contributed by atoms with Gasteiger partial charge in [-0.25, -0.2) is 0 Å². The third-order valence-corrected chi connectivity index (χ3v) is 9.21. The Morgan fingerprint density at radius 1 is 0.917 bits per heavy atom. The second kappa shape index (κ2) is 14.2. The van der Waals surface area contributed by atoms with Gasteiger partial charge in [0, 0.05) is 49.6 Å². The summed E-state index contributed by atoms with van der Waals surface area (Å²) in [5, 5.41) is 5.87. The van der Waals surface area contributed by atoms with Gasteiger partial charge in [0.25, 0.3) is 17.4 Å². The smallest absolute Gasteiger partial charge is 0.256 e. The second-order valence-electron chi connectivity index (χ2n) is 12.4. The van der Waals surface area contributed by atoms with Gasteiger partial charge in [0.1, 0.15) is 0 Å². The predicted molar refractivity (Wildman–Crippen MR) is 188 cm³/mol. The van der Waals surface area contributed by atoms with Crippen LogP contribution in [0.4, 0.5) is 11.4 Å². The number of nitrogens with zero attached hydrogens (tertiary/aromatic N) is 2. The average Bonchev–Trinajstić information content (AvgIpc) is 3.11. The SMILES string of the molecule is C=CC(=O)Nc1cc(Cc2cc(-c3cccc(NC(=O)c4ccc5c(c4)CCCC5)c3C)cn(C)c2=O)ccc1C(=O)N1CCOCC1. The van der Waals surface area contributed by atoms with E-state index in [9.17, 15) is 19.2 Å². The van der Waals surface area contributed by atoms with Crippen LogP contribution in [0.3, 0.4) is 0 Å². The summed E-state index contributed by atoms with van der Waals surface area (Å²) in [5.41, 5.74) is 8.40. The number of carbonyl (C=O) groups is 3. The zero-order valence-electron chi connectivity index (χ0n) is 27.4. The van der Waals surface area contributed by atoms with Crippen molar-refractivity contribution in [2.24, 2.45) is 7.05 Å². The number of aryl methyl sites for hydroxylation is 3. The first-order valence-corrected chi connectivity index (χ1v) is 16.4. The predicted octanol–water partition coefficient (Wildman–Crippen LogP) is 5.68. The highest BCUT2D eigenvalue weighted by Gasteiger charge is 2.23. The number of morpholine rings is 1. The van der Waals surface area contributed by atoms with Gasteiger partial charge in [-0.2, -0.15) is 0 Å². The first-order valence-electron chi connectivity index (χ1n) is 16.4. The third kappa shape index (κ3) is 7.01. The molecular weight excluding hydrogens is 604 g/mol. The number of rotatable bonds is 8. The molecule has 1 fully saturated rings. The molecule has 9 nitrogen and oxygen atoms in total. The van der Waals surface area contributed by atoms with Gasteiger partial charge in [-0.15, -0.1) is 0 Å². The van der Waals surface area contributed by atoms with Crippen LogP contribution < -0.4 is 16.2 Å². The van der Waals surface area contributed by atoms with Gasteiger partial charge in [0.05, 0.1) is 24.5 Å². The number of aromatic nitrogens is 1. The zero-order chi connectivity index (χ0) is 33.8. The fourth-order valence-corrected chi connectivity index (χ4v) is 6.54. The Labute approximate surface area is 280 Å².